The summed E-state index contributed by atoms with van der Waals surface area (Å²) in [5, 5.41) is 0. The molecular weight excluding hydrogens is 205 g/mol. The average molecular weight is 212 g/mol. The molecule has 0 saturated heterocycles. The van der Waals surface area contributed by atoms with Crippen LogP contribution >= 0.6 is 0 Å². The van der Waals surface area contributed by atoms with Crippen LogP contribution in [0.2, 0.25) is 0 Å². The van der Waals surface area contributed by atoms with Crippen molar-refractivity contribution in [2.24, 2.45) is 0 Å². The van der Waals surface area contributed by atoms with Crippen molar-refractivity contribution >= 4 is 0 Å². The van der Waals surface area contributed by atoms with Crippen LogP contribution in [0.15, 0.2) is 0 Å². The summed E-state index contributed by atoms with van der Waals surface area (Å²) in [5.41, 5.74) is 0. The van der Waals surface area contributed by atoms with E-state index in [9.17, 15) is 0 Å². The van der Waals surface area contributed by atoms with E-state index in [1.807, 2.05) is 20.3 Å². The van der Waals surface area contributed by atoms with Gasteiger partial charge in [0, 0.05) is 0 Å². The molecule has 0 heterocycles. The Balaban J connectivity index is 0. The zero-order chi connectivity index (χ0) is 2.71. The molecule has 0 atom stereocenters. The van der Waals surface area contributed by atoms with Gasteiger partial charge in [-0.15, -0.1) is 0 Å². The molecule has 0 fully saturated rings. The van der Waals surface area contributed by atoms with Crippen molar-refractivity contribution in [3.05, 3.63) is 6.42 Å². The zero-order valence-corrected chi connectivity index (χ0v) is 4.63. The van der Waals surface area contributed by atoms with E-state index in [0.29, 0.717) is 0 Å². The van der Waals surface area contributed by atoms with Gasteiger partial charge in [0.1, 0.15) is 0 Å². The van der Waals surface area contributed by atoms with Crippen LogP contribution in [0.1, 0.15) is 13.8 Å². The molecule has 0 aromatic carbocycles. The minimum atomic E-state index is 0. The van der Waals surface area contributed by atoms with Crippen molar-refractivity contribution < 1.29 is 36.9 Å². The normalized spacial score (nSPS) is 4.50. The van der Waals surface area contributed by atoms with E-state index in [1.54, 1.807) is 0 Å². The molecule has 0 N–H and O–H groups in total. The third-order valence-corrected chi connectivity index (χ3v) is 0. The summed E-state index contributed by atoms with van der Waals surface area (Å²) < 4.78 is 0. The summed E-state index contributed by atoms with van der Waals surface area (Å²) in [4.78, 5) is 0. The van der Waals surface area contributed by atoms with E-state index in [-0.39, 0.29) is 36.9 Å². The molecule has 0 bridgehead atoms. The molecule has 0 rings (SSSR count). The van der Waals surface area contributed by atoms with Crippen molar-refractivity contribution in [3.63, 3.8) is 0 Å². The first kappa shape index (κ1) is 8.97. The predicted molar refractivity (Wildman–Crippen MR) is 15.6 cm³/mol. The van der Waals surface area contributed by atoms with E-state index in [0.717, 1.165) is 0 Å². The molecule has 4 heavy (non-hydrogen) atoms. The van der Waals surface area contributed by atoms with Gasteiger partial charge < -0.3 is 6.42 Å². The van der Waals surface area contributed by atoms with Gasteiger partial charge in [0.25, 0.3) is 0 Å². The Morgan fingerprint density at radius 1 is 1.25 bits per heavy atom. The van der Waals surface area contributed by atoms with E-state index in [4.69, 9.17) is 0 Å². The van der Waals surface area contributed by atoms with E-state index in [2.05, 4.69) is 0 Å². The maximum absolute atomic E-state index is 2.00. The fourth-order valence-electron chi connectivity index (χ4n) is 0. The van der Waals surface area contributed by atoms with Crippen LogP contribution < -0.4 is 0 Å². The smallest absolute Gasteiger partial charge is 0.335 e. The van der Waals surface area contributed by atoms with Gasteiger partial charge in [0.2, 0.25) is 0 Å². The van der Waals surface area contributed by atoms with E-state index in [1.165, 1.54) is 0 Å². The van der Waals surface area contributed by atoms with E-state index >= 15 is 0 Å². The standard InChI is InChI=1S/C3H7.Tm/c1-3-2;/h3H,1-2H3;/q-1;+3. The Hall–Kier alpha value is 1.23. The topological polar surface area (TPSA) is 0 Å². The van der Waals surface area contributed by atoms with Crippen molar-refractivity contribution in [1.82, 2.24) is 0 Å². The summed E-state index contributed by atoms with van der Waals surface area (Å²) in [5.74, 6) is 0. The Morgan fingerprint density at radius 3 is 1.25 bits per heavy atom. The SMILES string of the molecule is C[CH-]C.[Tm+3]. The molecule has 0 aliphatic heterocycles. The van der Waals surface area contributed by atoms with Crippen LogP contribution in [0.3, 0.4) is 0 Å². The third-order valence-electron chi connectivity index (χ3n) is 0. The maximum Gasteiger partial charge on any atom is 3.00 e. The second-order valence-corrected chi connectivity index (χ2v) is 0.577. The largest absolute Gasteiger partial charge is 3.00 e. The minimum Gasteiger partial charge on any atom is -0.335 e. The van der Waals surface area contributed by atoms with Gasteiger partial charge in [-0.05, 0) is 0 Å². The quantitative estimate of drug-likeness (QED) is 0.530. The third kappa shape index (κ3) is 10.6. The zero-order valence-electron chi connectivity index (χ0n) is 2.85. The summed E-state index contributed by atoms with van der Waals surface area (Å²) in [7, 11) is 0. The maximum atomic E-state index is 2.00. The van der Waals surface area contributed by atoms with Gasteiger partial charge in [-0.2, -0.15) is 13.8 Å². The van der Waals surface area contributed by atoms with E-state index < -0.39 is 0 Å². The molecule has 0 saturated carbocycles. The molecule has 0 nitrogen and oxygen atoms in total. The van der Waals surface area contributed by atoms with Crippen LogP contribution in [-0.2, 0) is 0 Å². The van der Waals surface area contributed by atoms with Crippen molar-refractivity contribution in [2.75, 3.05) is 0 Å². The Kier molecular flexibility index (Phi) is 19.9. The minimum absolute atomic E-state index is 0. The van der Waals surface area contributed by atoms with Crippen molar-refractivity contribution in [1.29, 1.82) is 0 Å². The number of hydrogen-bond acceptors (Lipinski definition) is 0. The molecule has 0 aromatic rings. The molecule has 0 aliphatic rings. The Bertz CT molecular complexity index is 3.25. The Morgan fingerprint density at radius 2 is 1.25 bits per heavy atom. The van der Waals surface area contributed by atoms with Gasteiger partial charge in [-0.3, -0.25) is 0 Å². The Labute approximate surface area is 56.8 Å². The number of rotatable bonds is 0. The molecular formula is C3H7Tm+2. The summed E-state index contributed by atoms with van der Waals surface area (Å²) in [6.45, 7) is 4.00. The summed E-state index contributed by atoms with van der Waals surface area (Å²) in [6.07, 6.45) is 2.00. The fraction of sp³-hybridized carbons (Fsp3) is 0.667. The molecule has 30 valence electrons. The average Bonchev–Trinajstić information content (AvgIpc) is 0.918. The summed E-state index contributed by atoms with van der Waals surface area (Å²) in [6, 6.07) is 0. The van der Waals surface area contributed by atoms with Crippen LogP contribution in [0.5, 0.6) is 0 Å². The summed E-state index contributed by atoms with van der Waals surface area (Å²) >= 11 is 0. The van der Waals surface area contributed by atoms with Gasteiger partial charge in [-0.25, -0.2) is 0 Å². The van der Waals surface area contributed by atoms with Crippen LogP contribution in [0.25, 0.3) is 0 Å². The monoisotopic (exact) mass is 212 g/mol. The molecule has 0 aliphatic carbocycles. The first-order chi connectivity index (χ1) is 1.41. The van der Waals surface area contributed by atoms with Crippen molar-refractivity contribution in [2.45, 2.75) is 13.8 Å². The van der Waals surface area contributed by atoms with Gasteiger partial charge in [-0.1, -0.05) is 0 Å². The first-order valence-corrected chi connectivity index (χ1v) is 1.15. The molecule has 0 amide bonds. The van der Waals surface area contributed by atoms with Gasteiger partial charge in [0.15, 0.2) is 0 Å². The molecule has 0 radical (unpaired) electrons. The molecule has 0 aromatic heterocycles. The second kappa shape index (κ2) is 8.87. The van der Waals surface area contributed by atoms with Crippen LogP contribution in [0, 0.1) is 43.3 Å². The fourth-order valence-corrected chi connectivity index (χ4v) is 0. The van der Waals surface area contributed by atoms with Gasteiger partial charge in [0.05, 0.1) is 0 Å². The van der Waals surface area contributed by atoms with Crippen molar-refractivity contribution in [3.8, 4) is 0 Å². The first-order valence-electron chi connectivity index (χ1n) is 1.15. The number of hydrogen-bond donors (Lipinski definition) is 0. The van der Waals surface area contributed by atoms with Gasteiger partial charge >= 0.3 is 36.9 Å². The van der Waals surface area contributed by atoms with Crippen LogP contribution in [0.4, 0.5) is 0 Å². The molecule has 1 heteroatoms. The van der Waals surface area contributed by atoms with Crippen LogP contribution in [-0.4, -0.2) is 0 Å². The molecule has 0 unspecified atom stereocenters. The molecule has 0 spiro atoms. The second-order valence-electron chi connectivity index (χ2n) is 0.577. The predicted octanol–water partition coefficient (Wildman–Crippen LogP) is 1.23.